The van der Waals surface area contributed by atoms with E-state index in [2.05, 4.69) is 14.3 Å². The molecule has 122 valence electrons. The molecular formula is C15H16F2N4OS. The van der Waals surface area contributed by atoms with Gasteiger partial charge in [-0.05, 0) is 18.2 Å². The Morgan fingerprint density at radius 3 is 2.57 bits per heavy atom. The molecule has 1 aromatic carbocycles. The van der Waals surface area contributed by atoms with E-state index in [1.807, 2.05) is 6.92 Å². The van der Waals surface area contributed by atoms with Gasteiger partial charge in [-0.25, -0.2) is 13.8 Å². The number of aryl methyl sites for hydroxylation is 1. The van der Waals surface area contributed by atoms with Gasteiger partial charge in [-0.1, -0.05) is 6.92 Å². The van der Waals surface area contributed by atoms with Crippen molar-refractivity contribution in [2.75, 3.05) is 31.1 Å². The third-order valence-electron chi connectivity index (χ3n) is 3.78. The van der Waals surface area contributed by atoms with Crippen molar-refractivity contribution in [1.82, 2.24) is 14.3 Å². The number of carbonyl (C=O) groups is 1. The van der Waals surface area contributed by atoms with Gasteiger partial charge in [0.25, 0.3) is 5.91 Å². The van der Waals surface area contributed by atoms with Crippen molar-refractivity contribution < 1.29 is 13.6 Å². The van der Waals surface area contributed by atoms with E-state index in [-0.39, 0.29) is 11.5 Å². The van der Waals surface area contributed by atoms with Crippen molar-refractivity contribution in [1.29, 1.82) is 0 Å². The average Bonchev–Trinajstić information content (AvgIpc) is 3.06. The zero-order valence-electron chi connectivity index (χ0n) is 12.6. The second kappa shape index (κ2) is 6.57. The summed E-state index contributed by atoms with van der Waals surface area (Å²) in [5, 5.41) is 0.863. The van der Waals surface area contributed by atoms with E-state index in [0.717, 1.165) is 29.5 Å². The number of anilines is 1. The summed E-state index contributed by atoms with van der Waals surface area (Å²) in [6, 6.07) is 3.24. The highest BCUT2D eigenvalue weighted by Crippen LogP contribution is 2.20. The maximum atomic E-state index is 13.3. The first-order valence-electron chi connectivity index (χ1n) is 7.40. The van der Waals surface area contributed by atoms with E-state index in [9.17, 15) is 13.6 Å². The average molecular weight is 338 g/mol. The predicted octanol–water partition coefficient (Wildman–Crippen LogP) is 2.34. The second-order valence-corrected chi connectivity index (χ2v) is 5.99. The molecule has 0 atom stereocenters. The fourth-order valence-corrected chi connectivity index (χ4v) is 3.23. The molecule has 0 radical (unpaired) electrons. The van der Waals surface area contributed by atoms with Crippen LogP contribution in [0.5, 0.6) is 0 Å². The van der Waals surface area contributed by atoms with Crippen LogP contribution >= 0.6 is 11.5 Å². The molecule has 0 spiro atoms. The van der Waals surface area contributed by atoms with Gasteiger partial charge in [0.05, 0.1) is 0 Å². The van der Waals surface area contributed by atoms with Crippen molar-refractivity contribution in [3.05, 3.63) is 41.2 Å². The molecule has 2 aromatic rings. The van der Waals surface area contributed by atoms with E-state index in [1.54, 1.807) is 4.90 Å². The minimum absolute atomic E-state index is 0.168. The third-order valence-corrected chi connectivity index (χ3v) is 4.59. The minimum atomic E-state index is -1.00. The summed E-state index contributed by atoms with van der Waals surface area (Å²) < 4.78 is 30.5. The number of nitrogens with zero attached hydrogens (tertiary/aromatic N) is 4. The molecule has 0 unspecified atom stereocenters. The van der Waals surface area contributed by atoms with Gasteiger partial charge in [-0.3, -0.25) is 4.79 Å². The lowest BCUT2D eigenvalue weighted by Crippen LogP contribution is -2.48. The molecule has 23 heavy (non-hydrogen) atoms. The Kier molecular flexibility index (Phi) is 4.51. The number of piperazine rings is 1. The predicted molar refractivity (Wildman–Crippen MR) is 83.8 cm³/mol. The zero-order chi connectivity index (χ0) is 16.4. The molecule has 3 rings (SSSR count). The summed E-state index contributed by atoms with van der Waals surface area (Å²) in [6.45, 7) is 4.32. The van der Waals surface area contributed by atoms with Gasteiger partial charge in [0, 0.05) is 49.7 Å². The first-order valence-corrected chi connectivity index (χ1v) is 8.17. The zero-order valence-corrected chi connectivity index (χ0v) is 13.4. The Balaban J connectivity index is 1.63. The fourth-order valence-electron chi connectivity index (χ4n) is 2.43. The highest BCUT2D eigenvalue weighted by molar-refractivity contribution is 7.09. The first-order chi connectivity index (χ1) is 11.1. The highest BCUT2D eigenvalue weighted by atomic mass is 32.1. The molecule has 0 bridgehead atoms. The molecule has 1 aliphatic heterocycles. The largest absolute Gasteiger partial charge is 0.343 e. The molecule has 0 saturated carbocycles. The van der Waals surface area contributed by atoms with Gasteiger partial charge in [-0.2, -0.15) is 4.37 Å². The van der Waals surface area contributed by atoms with Crippen LogP contribution in [-0.2, 0) is 6.42 Å². The van der Waals surface area contributed by atoms with E-state index >= 15 is 0 Å². The molecule has 0 N–H and O–H groups in total. The number of benzene rings is 1. The van der Waals surface area contributed by atoms with E-state index < -0.39 is 11.6 Å². The molecular weight excluding hydrogens is 322 g/mol. The lowest BCUT2D eigenvalue weighted by molar-refractivity contribution is 0.0746. The Bertz CT molecular complexity index is 713. The monoisotopic (exact) mass is 338 g/mol. The SMILES string of the molecule is CCc1nsc(N2CCN(C(=O)c3ccc(F)c(F)c3)CC2)n1. The number of halogens is 2. The molecule has 2 heterocycles. The number of carbonyl (C=O) groups excluding carboxylic acids is 1. The fraction of sp³-hybridized carbons (Fsp3) is 0.400. The maximum absolute atomic E-state index is 13.3. The van der Waals surface area contributed by atoms with Gasteiger partial charge in [0.1, 0.15) is 5.82 Å². The van der Waals surface area contributed by atoms with Crippen LogP contribution < -0.4 is 4.90 Å². The summed E-state index contributed by atoms with van der Waals surface area (Å²) >= 11 is 1.36. The highest BCUT2D eigenvalue weighted by Gasteiger charge is 2.24. The van der Waals surface area contributed by atoms with Crippen LogP contribution in [0.15, 0.2) is 18.2 Å². The quantitative estimate of drug-likeness (QED) is 0.862. The first kappa shape index (κ1) is 15.8. The standard InChI is InChI=1S/C15H16F2N4OS/c1-2-13-18-15(23-19-13)21-7-5-20(6-8-21)14(22)10-3-4-11(16)12(17)9-10/h3-4,9H,2,5-8H2,1H3. The van der Waals surface area contributed by atoms with Crippen LogP contribution in [0, 0.1) is 11.6 Å². The van der Waals surface area contributed by atoms with Crippen molar-refractivity contribution >= 4 is 22.6 Å². The minimum Gasteiger partial charge on any atom is -0.343 e. The Morgan fingerprint density at radius 1 is 1.22 bits per heavy atom. The van der Waals surface area contributed by atoms with Crippen LogP contribution in [-0.4, -0.2) is 46.3 Å². The van der Waals surface area contributed by atoms with Crippen molar-refractivity contribution in [3.63, 3.8) is 0 Å². The van der Waals surface area contributed by atoms with Gasteiger partial charge < -0.3 is 9.80 Å². The summed E-state index contributed by atoms with van der Waals surface area (Å²) in [6.07, 6.45) is 0.797. The third kappa shape index (κ3) is 3.31. The molecule has 0 aliphatic carbocycles. The van der Waals surface area contributed by atoms with Crippen LogP contribution in [0.4, 0.5) is 13.9 Å². The number of amides is 1. The smallest absolute Gasteiger partial charge is 0.254 e. The molecule has 1 saturated heterocycles. The normalized spacial score (nSPS) is 15.1. The topological polar surface area (TPSA) is 49.3 Å². The molecule has 5 nitrogen and oxygen atoms in total. The van der Waals surface area contributed by atoms with E-state index in [0.29, 0.717) is 26.2 Å². The number of rotatable bonds is 3. The number of hydrogen-bond donors (Lipinski definition) is 0. The summed E-state index contributed by atoms with van der Waals surface area (Å²) in [5.74, 6) is -1.41. The Labute approximate surface area is 136 Å². The summed E-state index contributed by atoms with van der Waals surface area (Å²) in [5.41, 5.74) is 0.168. The van der Waals surface area contributed by atoms with Gasteiger partial charge in [-0.15, -0.1) is 0 Å². The maximum Gasteiger partial charge on any atom is 0.254 e. The Morgan fingerprint density at radius 2 is 1.96 bits per heavy atom. The van der Waals surface area contributed by atoms with Crippen LogP contribution in [0.1, 0.15) is 23.1 Å². The van der Waals surface area contributed by atoms with Gasteiger partial charge in [0.15, 0.2) is 11.6 Å². The molecule has 1 aromatic heterocycles. The van der Waals surface area contributed by atoms with Crippen LogP contribution in [0.2, 0.25) is 0 Å². The van der Waals surface area contributed by atoms with Crippen LogP contribution in [0.3, 0.4) is 0 Å². The van der Waals surface area contributed by atoms with Crippen molar-refractivity contribution in [2.45, 2.75) is 13.3 Å². The number of aromatic nitrogens is 2. The lowest BCUT2D eigenvalue weighted by atomic mass is 10.1. The Hall–Kier alpha value is -2.09. The van der Waals surface area contributed by atoms with Gasteiger partial charge >= 0.3 is 0 Å². The molecule has 1 amide bonds. The van der Waals surface area contributed by atoms with Crippen molar-refractivity contribution in [3.8, 4) is 0 Å². The van der Waals surface area contributed by atoms with Crippen LogP contribution in [0.25, 0.3) is 0 Å². The molecule has 1 fully saturated rings. The van der Waals surface area contributed by atoms with Gasteiger partial charge in [0.2, 0.25) is 5.13 Å². The molecule has 8 heteroatoms. The second-order valence-electron chi connectivity index (χ2n) is 5.25. The van der Waals surface area contributed by atoms with E-state index in [1.165, 1.54) is 17.6 Å². The summed E-state index contributed by atoms with van der Waals surface area (Å²) in [4.78, 5) is 20.5. The summed E-state index contributed by atoms with van der Waals surface area (Å²) in [7, 11) is 0. The lowest BCUT2D eigenvalue weighted by Gasteiger charge is -2.34. The van der Waals surface area contributed by atoms with Crippen molar-refractivity contribution in [2.24, 2.45) is 0 Å². The molecule has 1 aliphatic rings. The number of hydrogen-bond acceptors (Lipinski definition) is 5. The van der Waals surface area contributed by atoms with E-state index in [4.69, 9.17) is 0 Å².